The Bertz CT molecular complexity index is 428. The summed E-state index contributed by atoms with van der Waals surface area (Å²) in [5.41, 5.74) is 19.4. The summed E-state index contributed by atoms with van der Waals surface area (Å²) in [6, 6.07) is 0. The van der Waals surface area contributed by atoms with E-state index in [1.807, 2.05) is 0 Å². The molecule has 0 bridgehead atoms. The Morgan fingerprint density at radius 1 is 0.400 bits per heavy atom. The fourth-order valence-corrected chi connectivity index (χ4v) is 1.75. The van der Waals surface area contributed by atoms with Gasteiger partial charge in [-0.3, -0.25) is 28.8 Å². The van der Waals surface area contributed by atoms with Crippen molar-refractivity contribution in [3.8, 4) is 0 Å². The van der Waals surface area contributed by atoms with Crippen LogP contribution in [0.4, 0.5) is 0 Å². The fourth-order valence-electron chi connectivity index (χ4n) is 1.75. The number of hydrogen-bond donors (Lipinski definition) is 6. The van der Waals surface area contributed by atoms with E-state index in [2.05, 4.69) is 0 Å². The Labute approximate surface area is 175 Å². The molecule has 0 fully saturated rings. The molecule has 0 aromatic rings. The quantitative estimate of drug-likeness (QED) is 0.187. The maximum atomic E-state index is 10.2. The molecule has 12 heteroatoms. The Morgan fingerprint density at radius 3 is 0.700 bits per heavy atom. The summed E-state index contributed by atoms with van der Waals surface area (Å²) in [4.78, 5) is 60.4. The molecule has 0 rings (SSSR count). The lowest BCUT2D eigenvalue weighted by Gasteiger charge is -1.93. The number of carbonyl (C=O) groups is 6. The molecule has 0 aliphatic carbocycles. The third kappa shape index (κ3) is 44.3. The highest BCUT2D eigenvalue weighted by atomic mass is 16.4. The number of primary amides is 4. The number of carboxylic acid groups (broad SMARTS) is 2. The predicted molar refractivity (Wildman–Crippen MR) is 107 cm³/mol. The Hall–Kier alpha value is -3.18. The van der Waals surface area contributed by atoms with Crippen molar-refractivity contribution in [3.05, 3.63) is 0 Å². The molecule has 10 N–H and O–H groups in total. The first-order chi connectivity index (χ1) is 13.9. The van der Waals surface area contributed by atoms with Crippen molar-refractivity contribution in [2.24, 2.45) is 22.9 Å². The summed E-state index contributed by atoms with van der Waals surface area (Å²) in [6.07, 6.45) is 4.98. The lowest BCUT2D eigenvalue weighted by Crippen LogP contribution is -2.12. The summed E-state index contributed by atoms with van der Waals surface area (Å²) < 4.78 is 0. The summed E-state index contributed by atoms with van der Waals surface area (Å²) >= 11 is 0. The van der Waals surface area contributed by atoms with Crippen molar-refractivity contribution in [1.29, 1.82) is 0 Å². The number of carboxylic acids is 2. The van der Waals surface area contributed by atoms with Crippen molar-refractivity contribution in [3.63, 3.8) is 0 Å². The SMILES string of the molecule is NC(=O)CCCCC(N)=O.NC(=O)CCCCC(N)=O.O=C(O)CCCCC(=O)O. The molecule has 4 amide bonds. The fraction of sp³-hybridized carbons (Fsp3) is 0.667. The zero-order valence-corrected chi connectivity index (χ0v) is 17.1. The molecule has 0 aromatic heterocycles. The predicted octanol–water partition coefficient (Wildman–Crippen LogP) is -0.249. The smallest absolute Gasteiger partial charge is 0.303 e. The van der Waals surface area contributed by atoms with Gasteiger partial charge in [-0.15, -0.1) is 0 Å². The summed E-state index contributed by atoms with van der Waals surface area (Å²) in [6.45, 7) is 0. The molecular formula is C18H34N4O8. The zero-order chi connectivity index (χ0) is 23.9. The average Bonchev–Trinajstić information content (AvgIpc) is 2.60. The van der Waals surface area contributed by atoms with Gasteiger partial charge >= 0.3 is 11.9 Å². The van der Waals surface area contributed by atoms with Crippen LogP contribution >= 0.6 is 0 Å². The Morgan fingerprint density at radius 2 is 0.567 bits per heavy atom. The molecule has 0 aliphatic rings. The molecule has 0 saturated carbocycles. The van der Waals surface area contributed by atoms with Gasteiger partial charge in [0.15, 0.2) is 0 Å². The van der Waals surface area contributed by atoms with E-state index in [1.165, 1.54) is 0 Å². The summed E-state index contributed by atoms with van der Waals surface area (Å²) in [5.74, 6) is -3.06. The molecule has 0 radical (unpaired) electrons. The molecule has 0 heterocycles. The molecule has 174 valence electrons. The molecular weight excluding hydrogens is 400 g/mol. The highest BCUT2D eigenvalue weighted by molar-refractivity contribution is 5.75. The number of hydrogen-bond acceptors (Lipinski definition) is 6. The van der Waals surface area contributed by atoms with Crippen LogP contribution in [0.5, 0.6) is 0 Å². The van der Waals surface area contributed by atoms with Gasteiger partial charge in [0.1, 0.15) is 0 Å². The molecule has 0 saturated heterocycles. The molecule has 0 spiro atoms. The molecule has 0 atom stereocenters. The standard InChI is InChI=1S/2C6H12N2O2.C6H10O4/c2*7-5(9)3-1-2-4-6(8)10;7-5(8)3-1-2-4-6(9)10/h2*1-4H2,(H2,7,9)(H2,8,10);1-4H2,(H,7,8)(H,9,10). The second-order valence-corrected chi connectivity index (χ2v) is 6.27. The molecule has 0 aliphatic heterocycles. The van der Waals surface area contributed by atoms with E-state index in [0.29, 0.717) is 64.2 Å². The lowest BCUT2D eigenvalue weighted by molar-refractivity contribution is -0.139. The minimum absolute atomic E-state index is 0.0628. The second kappa shape index (κ2) is 22.1. The first-order valence-electron chi connectivity index (χ1n) is 9.45. The van der Waals surface area contributed by atoms with E-state index in [-0.39, 0.29) is 36.5 Å². The Kier molecular flexibility index (Phi) is 23.2. The number of rotatable bonds is 15. The van der Waals surface area contributed by atoms with Gasteiger partial charge in [0, 0.05) is 38.5 Å². The average molecular weight is 434 g/mol. The van der Waals surface area contributed by atoms with Crippen LogP contribution in [0.2, 0.25) is 0 Å². The minimum atomic E-state index is -0.870. The van der Waals surface area contributed by atoms with E-state index < -0.39 is 11.9 Å². The van der Waals surface area contributed by atoms with Crippen LogP contribution < -0.4 is 22.9 Å². The maximum absolute atomic E-state index is 10.2. The van der Waals surface area contributed by atoms with Crippen LogP contribution in [0.3, 0.4) is 0 Å². The van der Waals surface area contributed by atoms with Crippen molar-refractivity contribution in [2.45, 2.75) is 77.0 Å². The van der Waals surface area contributed by atoms with Gasteiger partial charge in [0.05, 0.1) is 0 Å². The lowest BCUT2D eigenvalue weighted by atomic mass is 10.2. The number of aliphatic carboxylic acids is 2. The summed E-state index contributed by atoms with van der Waals surface area (Å²) in [7, 11) is 0. The number of carbonyl (C=O) groups excluding carboxylic acids is 4. The highest BCUT2D eigenvalue weighted by Gasteiger charge is 1.99. The van der Waals surface area contributed by atoms with Gasteiger partial charge in [-0.05, 0) is 38.5 Å². The van der Waals surface area contributed by atoms with Crippen LogP contribution in [0.25, 0.3) is 0 Å². The first kappa shape index (κ1) is 31.5. The second-order valence-electron chi connectivity index (χ2n) is 6.27. The summed E-state index contributed by atoms with van der Waals surface area (Å²) in [5, 5.41) is 16.3. The van der Waals surface area contributed by atoms with Gasteiger partial charge in [0.25, 0.3) is 0 Å². The third-order valence-corrected chi connectivity index (χ3v) is 3.22. The van der Waals surface area contributed by atoms with E-state index in [4.69, 9.17) is 33.1 Å². The van der Waals surface area contributed by atoms with Crippen LogP contribution in [0, 0.1) is 0 Å². The monoisotopic (exact) mass is 434 g/mol. The Balaban J connectivity index is -0.000000364. The van der Waals surface area contributed by atoms with E-state index in [9.17, 15) is 28.8 Å². The normalized spacial score (nSPS) is 9.20. The molecule has 30 heavy (non-hydrogen) atoms. The third-order valence-electron chi connectivity index (χ3n) is 3.22. The maximum Gasteiger partial charge on any atom is 0.303 e. The van der Waals surface area contributed by atoms with Crippen molar-refractivity contribution < 1.29 is 39.0 Å². The van der Waals surface area contributed by atoms with Gasteiger partial charge in [-0.25, -0.2) is 0 Å². The van der Waals surface area contributed by atoms with Crippen LogP contribution in [-0.4, -0.2) is 45.8 Å². The van der Waals surface area contributed by atoms with Gasteiger partial charge < -0.3 is 33.1 Å². The van der Waals surface area contributed by atoms with Gasteiger partial charge in [0.2, 0.25) is 23.6 Å². The zero-order valence-electron chi connectivity index (χ0n) is 17.1. The molecule has 0 unspecified atom stereocenters. The molecule has 12 nitrogen and oxygen atoms in total. The molecule has 0 aromatic carbocycles. The van der Waals surface area contributed by atoms with Crippen LogP contribution in [0.15, 0.2) is 0 Å². The number of unbranched alkanes of at least 4 members (excludes halogenated alkanes) is 3. The van der Waals surface area contributed by atoms with Crippen molar-refractivity contribution in [2.75, 3.05) is 0 Å². The van der Waals surface area contributed by atoms with Crippen LogP contribution in [-0.2, 0) is 28.8 Å². The number of amides is 4. The van der Waals surface area contributed by atoms with E-state index in [0.717, 1.165) is 0 Å². The number of nitrogens with two attached hydrogens (primary N) is 4. The first-order valence-corrected chi connectivity index (χ1v) is 9.45. The van der Waals surface area contributed by atoms with Crippen molar-refractivity contribution in [1.82, 2.24) is 0 Å². The largest absolute Gasteiger partial charge is 0.481 e. The van der Waals surface area contributed by atoms with E-state index in [1.54, 1.807) is 0 Å². The minimum Gasteiger partial charge on any atom is -0.481 e. The van der Waals surface area contributed by atoms with Gasteiger partial charge in [-0.1, -0.05) is 0 Å². The van der Waals surface area contributed by atoms with E-state index >= 15 is 0 Å². The highest BCUT2D eigenvalue weighted by Crippen LogP contribution is 1.99. The topological polar surface area (TPSA) is 247 Å². The van der Waals surface area contributed by atoms with Crippen molar-refractivity contribution >= 4 is 35.6 Å². The van der Waals surface area contributed by atoms with Crippen LogP contribution in [0.1, 0.15) is 77.0 Å². The van der Waals surface area contributed by atoms with Gasteiger partial charge in [-0.2, -0.15) is 0 Å².